The number of aromatic amines is 2. The van der Waals surface area contributed by atoms with Crippen molar-refractivity contribution in [3.63, 3.8) is 0 Å². The summed E-state index contributed by atoms with van der Waals surface area (Å²) in [5, 5.41) is 7.99. The minimum atomic E-state index is -0.728. The molecule has 0 saturated carbocycles. The van der Waals surface area contributed by atoms with Crippen molar-refractivity contribution in [3.8, 4) is 0 Å². The maximum absolute atomic E-state index is 13.1. The number of aliphatic imine (C=N–C) groups is 1. The smallest absolute Gasteiger partial charge is 0.242 e. The van der Waals surface area contributed by atoms with E-state index in [0.29, 0.717) is 19.4 Å². The van der Waals surface area contributed by atoms with Gasteiger partial charge >= 0.3 is 0 Å². The van der Waals surface area contributed by atoms with E-state index < -0.39 is 6.04 Å². The highest BCUT2D eigenvalue weighted by Gasteiger charge is 2.22. The second-order valence-electron chi connectivity index (χ2n) is 8.14. The van der Waals surface area contributed by atoms with Crippen LogP contribution in [0, 0.1) is 0 Å². The van der Waals surface area contributed by atoms with Gasteiger partial charge in [0.05, 0.1) is 6.54 Å². The van der Waals surface area contributed by atoms with Crippen molar-refractivity contribution in [1.29, 1.82) is 0 Å². The van der Waals surface area contributed by atoms with E-state index in [-0.39, 0.29) is 30.7 Å². The molecule has 0 bridgehead atoms. The topological polar surface area (TPSA) is 154 Å². The number of amides is 2. The second kappa shape index (κ2) is 10.6. The van der Waals surface area contributed by atoms with Crippen molar-refractivity contribution in [1.82, 2.24) is 20.6 Å². The maximum atomic E-state index is 13.1. The summed E-state index contributed by atoms with van der Waals surface area (Å²) in [7, 11) is 0. The molecule has 0 fully saturated rings. The van der Waals surface area contributed by atoms with Crippen LogP contribution in [0.3, 0.4) is 0 Å². The Balaban J connectivity index is 1.43. The molecule has 176 valence electrons. The minimum absolute atomic E-state index is 0.0711. The summed E-state index contributed by atoms with van der Waals surface area (Å²) in [5.74, 6) is -0.597. The summed E-state index contributed by atoms with van der Waals surface area (Å²) < 4.78 is 0. The Kier molecular flexibility index (Phi) is 7.12. The Bertz CT molecular complexity index is 1320. The molecule has 8 N–H and O–H groups in total. The molecule has 0 saturated heterocycles. The number of H-pyrrole nitrogens is 2. The molecule has 34 heavy (non-hydrogen) atoms. The van der Waals surface area contributed by atoms with Crippen molar-refractivity contribution in [2.24, 2.45) is 16.5 Å². The molecule has 9 nitrogen and oxygen atoms in total. The largest absolute Gasteiger partial charge is 0.370 e. The average molecular weight is 460 g/mol. The molecule has 0 spiro atoms. The molecule has 9 heteroatoms. The summed E-state index contributed by atoms with van der Waals surface area (Å²) in [4.78, 5) is 35.9. The third-order valence-electron chi connectivity index (χ3n) is 5.75. The zero-order chi connectivity index (χ0) is 23.9. The molecule has 0 aliphatic rings. The van der Waals surface area contributed by atoms with Gasteiger partial charge in [-0.2, -0.15) is 0 Å². The summed E-state index contributed by atoms with van der Waals surface area (Å²) in [6.45, 7) is 0.616. The van der Waals surface area contributed by atoms with E-state index in [9.17, 15) is 9.59 Å². The van der Waals surface area contributed by atoms with Crippen molar-refractivity contribution in [3.05, 3.63) is 72.1 Å². The predicted octanol–water partition coefficient (Wildman–Crippen LogP) is 1.70. The lowest BCUT2D eigenvalue weighted by Crippen LogP contribution is -2.48. The molecule has 0 radical (unpaired) electrons. The van der Waals surface area contributed by atoms with E-state index in [1.165, 1.54) is 0 Å². The van der Waals surface area contributed by atoms with Gasteiger partial charge in [-0.25, -0.2) is 0 Å². The molecule has 1 atom stereocenters. The number of hydrogen-bond donors (Lipinski definition) is 6. The number of para-hydroxylation sites is 2. The van der Waals surface area contributed by atoms with Crippen LogP contribution in [0.5, 0.6) is 0 Å². The highest BCUT2D eigenvalue weighted by molar-refractivity contribution is 5.90. The van der Waals surface area contributed by atoms with Crippen LogP contribution in [0.15, 0.2) is 65.9 Å². The van der Waals surface area contributed by atoms with Crippen LogP contribution in [0.1, 0.15) is 17.5 Å². The SMILES string of the molecule is NC(N)=NCCC(=O)NC(Cc1c[nH]c2ccccc12)C(=O)NCCc1c[nH]c2ccccc12. The second-order valence-corrected chi connectivity index (χ2v) is 8.14. The third-order valence-corrected chi connectivity index (χ3v) is 5.75. The lowest BCUT2D eigenvalue weighted by Gasteiger charge is -2.18. The Morgan fingerprint density at radius 2 is 1.53 bits per heavy atom. The fourth-order valence-electron chi connectivity index (χ4n) is 4.06. The van der Waals surface area contributed by atoms with Gasteiger partial charge in [0, 0.05) is 53.6 Å². The number of fused-ring (bicyclic) bond motifs is 2. The van der Waals surface area contributed by atoms with E-state index in [1.807, 2.05) is 54.9 Å². The minimum Gasteiger partial charge on any atom is -0.370 e. The van der Waals surface area contributed by atoms with Crippen molar-refractivity contribution in [2.75, 3.05) is 13.1 Å². The molecule has 2 amide bonds. The Morgan fingerprint density at radius 1 is 0.912 bits per heavy atom. The molecule has 2 aromatic heterocycles. The number of nitrogens with zero attached hydrogens (tertiary/aromatic N) is 1. The molecular weight excluding hydrogens is 430 g/mol. The van der Waals surface area contributed by atoms with Gasteiger partial charge in [-0.05, 0) is 29.7 Å². The fraction of sp³-hybridized carbons (Fsp3) is 0.240. The lowest BCUT2D eigenvalue weighted by molar-refractivity contribution is -0.128. The number of carbonyl (C=O) groups excluding carboxylic acids is 2. The lowest BCUT2D eigenvalue weighted by atomic mass is 10.0. The molecule has 1 unspecified atom stereocenters. The molecule has 2 heterocycles. The van der Waals surface area contributed by atoms with E-state index in [2.05, 4.69) is 31.7 Å². The van der Waals surface area contributed by atoms with Gasteiger partial charge in [-0.3, -0.25) is 14.6 Å². The molecule has 4 aromatic rings. The summed E-state index contributed by atoms with van der Waals surface area (Å²) in [6.07, 6.45) is 4.96. The Hall–Kier alpha value is -4.27. The van der Waals surface area contributed by atoms with E-state index >= 15 is 0 Å². The molecule has 0 aliphatic carbocycles. The number of rotatable bonds is 10. The highest BCUT2D eigenvalue weighted by atomic mass is 16.2. The van der Waals surface area contributed by atoms with E-state index in [0.717, 1.165) is 32.9 Å². The van der Waals surface area contributed by atoms with Gasteiger partial charge in [0.25, 0.3) is 0 Å². The quantitative estimate of drug-likeness (QED) is 0.158. The number of nitrogens with one attached hydrogen (secondary N) is 4. The molecule has 2 aromatic carbocycles. The van der Waals surface area contributed by atoms with Gasteiger partial charge in [0.1, 0.15) is 6.04 Å². The zero-order valence-electron chi connectivity index (χ0n) is 18.8. The first-order chi connectivity index (χ1) is 16.5. The van der Waals surface area contributed by atoms with Crippen LogP contribution >= 0.6 is 0 Å². The number of hydrogen-bond acceptors (Lipinski definition) is 3. The number of aromatic nitrogens is 2. The van der Waals surface area contributed by atoms with Gasteiger partial charge in [-0.1, -0.05) is 36.4 Å². The van der Waals surface area contributed by atoms with E-state index in [4.69, 9.17) is 11.5 Å². The van der Waals surface area contributed by atoms with Crippen LogP contribution in [-0.2, 0) is 22.4 Å². The predicted molar refractivity (Wildman–Crippen MR) is 134 cm³/mol. The standard InChI is InChI=1S/C25H29N7O2/c26-25(27)29-12-10-23(33)32-22(13-17-15-31-21-8-4-2-6-19(17)21)24(34)28-11-9-16-14-30-20-7-3-1-5-18(16)20/h1-8,14-15,22,30-31H,9-13H2,(H,28,34)(H,32,33)(H4,26,27,29). The average Bonchev–Trinajstić information content (AvgIpc) is 3.43. The molecule has 0 aliphatic heterocycles. The molecule has 4 rings (SSSR count). The van der Waals surface area contributed by atoms with Gasteiger partial charge in [0.2, 0.25) is 11.8 Å². The van der Waals surface area contributed by atoms with Crippen LogP contribution in [0.4, 0.5) is 0 Å². The number of benzene rings is 2. The monoisotopic (exact) mass is 459 g/mol. The molecular formula is C25H29N7O2. The fourth-order valence-corrected chi connectivity index (χ4v) is 4.06. The normalized spacial score (nSPS) is 11.9. The summed E-state index contributed by atoms with van der Waals surface area (Å²) in [5.41, 5.74) is 14.8. The van der Waals surface area contributed by atoms with Crippen molar-refractivity contribution >= 4 is 39.6 Å². The van der Waals surface area contributed by atoms with Crippen LogP contribution in [0.2, 0.25) is 0 Å². The van der Waals surface area contributed by atoms with Crippen LogP contribution in [-0.4, -0.2) is 46.9 Å². The van der Waals surface area contributed by atoms with Crippen molar-refractivity contribution in [2.45, 2.75) is 25.3 Å². The van der Waals surface area contributed by atoms with Crippen LogP contribution < -0.4 is 22.1 Å². The summed E-state index contributed by atoms with van der Waals surface area (Å²) >= 11 is 0. The van der Waals surface area contributed by atoms with E-state index in [1.54, 1.807) is 0 Å². The maximum Gasteiger partial charge on any atom is 0.242 e. The first-order valence-electron chi connectivity index (χ1n) is 11.2. The summed E-state index contributed by atoms with van der Waals surface area (Å²) in [6, 6.07) is 15.2. The first-order valence-corrected chi connectivity index (χ1v) is 11.2. The van der Waals surface area contributed by atoms with Crippen LogP contribution in [0.25, 0.3) is 21.8 Å². The Labute approximate surface area is 197 Å². The van der Waals surface area contributed by atoms with Gasteiger partial charge in [0.15, 0.2) is 5.96 Å². The van der Waals surface area contributed by atoms with Gasteiger partial charge < -0.3 is 32.1 Å². The number of nitrogens with two attached hydrogens (primary N) is 2. The van der Waals surface area contributed by atoms with Gasteiger partial charge in [-0.15, -0.1) is 0 Å². The zero-order valence-corrected chi connectivity index (χ0v) is 18.8. The highest BCUT2D eigenvalue weighted by Crippen LogP contribution is 2.20. The van der Waals surface area contributed by atoms with Crippen molar-refractivity contribution < 1.29 is 9.59 Å². The first kappa shape index (κ1) is 22.9. The Morgan fingerprint density at radius 3 is 2.21 bits per heavy atom. The third kappa shape index (κ3) is 5.55. The number of guanidine groups is 1. The number of carbonyl (C=O) groups is 2.